The molecular formula is C21H22N4S. The van der Waals surface area contributed by atoms with E-state index >= 15 is 0 Å². The minimum Gasteiger partial charge on any atom is -0.354 e. The van der Waals surface area contributed by atoms with Gasteiger partial charge in [0.25, 0.3) is 0 Å². The largest absolute Gasteiger partial charge is 0.354 e. The minimum atomic E-state index is 0.766. The van der Waals surface area contributed by atoms with Crippen molar-refractivity contribution < 1.29 is 0 Å². The van der Waals surface area contributed by atoms with E-state index in [9.17, 15) is 0 Å². The summed E-state index contributed by atoms with van der Waals surface area (Å²) < 4.78 is 5.09. The molecule has 0 atom stereocenters. The molecule has 0 N–H and O–H groups in total. The van der Waals surface area contributed by atoms with Gasteiger partial charge in [-0.25, -0.2) is 0 Å². The summed E-state index contributed by atoms with van der Waals surface area (Å²) in [6, 6.07) is 21.0. The lowest BCUT2D eigenvalue weighted by Crippen LogP contribution is -2.26. The summed E-state index contributed by atoms with van der Waals surface area (Å²) in [5, 5.41) is 0. The van der Waals surface area contributed by atoms with Gasteiger partial charge in [0.2, 0.25) is 0 Å². The molecule has 1 aromatic heterocycles. The highest BCUT2D eigenvalue weighted by Gasteiger charge is 2.13. The summed E-state index contributed by atoms with van der Waals surface area (Å²) in [4.78, 5) is 4.57. The third-order valence-electron chi connectivity index (χ3n) is 4.53. The molecule has 26 heavy (non-hydrogen) atoms. The monoisotopic (exact) mass is 362 g/mol. The second-order valence-electron chi connectivity index (χ2n) is 6.57. The maximum absolute atomic E-state index is 5.66. The van der Waals surface area contributed by atoms with Crippen molar-refractivity contribution in [1.82, 2.24) is 18.9 Å². The van der Waals surface area contributed by atoms with Gasteiger partial charge in [0.05, 0.1) is 13.3 Å². The highest BCUT2D eigenvalue weighted by molar-refractivity contribution is 7.71. The fourth-order valence-corrected chi connectivity index (χ4v) is 3.43. The van der Waals surface area contributed by atoms with Crippen molar-refractivity contribution in [1.29, 1.82) is 0 Å². The van der Waals surface area contributed by atoms with Gasteiger partial charge < -0.3 is 18.9 Å². The molecule has 2 aromatic carbocycles. The van der Waals surface area contributed by atoms with Crippen LogP contribution in [0.4, 0.5) is 0 Å². The molecule has 0 radical (unpaired) electrons. The van der Waals surface area contributed by atoms with Gasteiger partial charge in [-0.1, -0.05) is 60.7 Å². The minimum absolute atomic E-state index is 0.766. The van der Waals surface area contributed by atoms with E-state index in [4.69, 9.17) is 12.2 Å². The Bertz CT molecular complexity index is 927. The van der Waals surface area contributed by atoms with E-state index in [1.807, 2.05) is 6.07 Å². The third-order valence-corrected chi connectivity index (χ3v) is 5.00. The quantitative estimate of drug-likeness (QED) is 0.609. The van der Waals surface area contributed by atoms with Crippen LogP contribution in [0.25, 0.3) is 0 Å². The normalized spacial score (nSPS) is 13.5. The van der Waals surface area contributed by atoms with Crippen molar-refractivity contribution in [3.8, 4) is 0 Å². The second-order valence-corrected chi connectivity index (χ2v) is 6.93. The number of aromatic nitrogens is 2. The van der Waals surface area contributed by atoms with Gasteiger partial charge in [0.1, 0.15) is 0 Å². The predicted molar refractivity (Wildman–Crippen MR) is 107 cm³/mol. The summed E-state index contributed by atoms with van der Waals surface area (Å²) in [6.45, 7) is 3.37. The lowest BCUT2D eigenvalue weighted by atomic mass is 10.2. The molecule has 2 heterocycles. The Labute approximate surface area is 159 Å². The van der Waals surface area contributed by atoms with E-state index in [1.165, 1.54) is 11.1 Å². The second kappa shape index (κ2) is 7.62. The highest BCUT2D eigenvalue weighted by Crippen LogP contribution is 2.13. The van der Waals surface area contributed by atoms with Crippen molar-refractivity contribution in [2.75, 3.05) is 6.67 Å². The zero-order valence-electron chi connectivity index (χ0n) is 14.6. The molecule has 4 rings (SSSR count). The molecule has 0 aliphatic carbocycles. The Morgan fingerprint density at radius 1 is 0.692 bits per heavy atom. The topological polar surface area (TPSA) is 16.3 Å². The lowest BCUT2D eigenvalue weighted by Gasteiger charge is -2.21. The van der Waals surface area contributed by atoms with E-state index in [0.29, 0.717) is 0 Å². The number of hydrogen-bond donors (Lipinski definition) is 0. The van der Waals surface area contributed by atoms with Crippen LogP contribution in [0.1, 0.15) is 11.1 Å². The molecule has 5 heteroatoms. The highest BCUT2D eigenvalue weighted by atomic mass is 32.1. The van der Waals surface area contributed by atoms with Gasteiger partial charge in [-0.05, 0) is 23.3 Å². The van der Waals surface area contributed by atoms with Crippen molar-refractivity contribution in [3.63, 3.8) is 0 Å². The van der Waals surface area contributed by atoms with Gasteiger partial charge in [-0.15, -0.1) is 0 Å². The molecule has 3 aromatic rings. The van der Waals surface area contributed by atoms with Crippen molar-refractivity contribution in [2.24, 2.45) is 0 Å². The Morgan fingerprint density at radius 3 is 1.96 bits per heavy atom. The van der Waals surface area contributed by atoms with Crippen molar-refractivity contribution in [2.45, 2.75) is 19.8 Å². The zero-order valence-corrected chi connectivity index (χ0v) is 15.4. The van der Waals surface area contributed by atoms with Crippen LogP contribution in [0.15, 0.2) is 85.5 Å². The number of imidazole rings is 1. The molecule has 0 bridgehead atoms. The fourth-order valence-electron chi connectivity index (χ4n) is 3.19. The average molecular weight is 363 g/mol. The van der Waals surface area contributed by atoms with E-state index in [-0.39, 0.29) is 0 Å². The first-order chi connectivity index (χ1) is 12.8. The summed E-state index contributed by atoms with van der Waals surface area (Å²) in [5.41, 5.74) is 2.58. The first kappa shape index (κ1) is 16.7. The van der Waals surface area contributed by atoms with E-state index < -0.39 is 0 Å². The molecule has 1 aliphatic heterocycles. The molecule has 0 spiro atoms. The number of nitrogens with zero attached hydrogens (tertiary/aromatic N) is 4. The maximum Gasteiger partial charge on any atom is 0.181 e. The van der Waals surface area contributed by atoms with E-state index in [0.717, 1.165) is 31.2 Å². The van der Waals surface area contributed by atoms with Gasteiger partial charge in [-0.3, -0.25) is 0 Å². The van der Waals surface area contributed by atoms with Crippen LogP contribution >= 0.6 is 12.2 Å². The van der Waals surface area contributed by atoms with Crippen molar-refractivity contribution in [3.05, 3.63) is 101 Å². The molecule has 0 fully saturated rings. The first-order valence-electron chi connectivity index (χ1n) is 8.78. The Balaban J connectivity index is 1.37. The molecule has 4 nitrogen and oxygen atoms in total. The Hall–Kier alpha value is -2.79. The van der Waals surface area contributed by atoms with Crippen molar-refractivity contribution >= 4 is 12.2 Å². The Kier molecular flexibility index (Phi) is 4.88. The molecule has 0 amide bonds. The Morgan fingerprint density at radius 2 is 1.27 bits per heavy atom. The standard InChI is InChI=1S/C21H22N4S/c26-21-24(16-20-9-5-2-6-10-20)13-14-25(21)18-23-12-11-22(17-23)15-19-7-3-1-4-8-19/h1-14H,15-18H2. The van der Waals surface area contributed by atoms with E-state index in [1.54, 1.807) is 0 Å². The number of benzene rings is 2. The molecule has 0 unspecified atom stereocenters. The van der Waals surface area contributed by atoms with Crippen LogP contribution in [-0.4, -0.2) is 25.6 Å². The van der Waals surface area contributed by atoms with Crippen LogP contribution in [0.5, 0.6) is 0 Å². The molecule has 1 aliphatic rings. The van der Waals surface area contributed by atoms with Gasteiger partial charge >= 0.3 is 0 Å². The lowest BCUT2D eigenvalue weighted by molar-refractivity contribution is 0.222. The van der Waals surface area contributed by atoms with Gasteiger partial charge in [-0.2, -0.15) is 0 Å². The third kappa shape index (κ3) is 3.89. The predicted octanol–water partition coefficient (Wildman–Crippen LogP) is 4.27. The van der Waals surface area contributed by atoms with Crippen LogP contribution in [0.2, 0.25) is 0 Å². The zero-order chi connectivity index (χ0) is 17.8. The van der Waals surface area contributed by atoms with Gasteiger partial charge in [0, 0.05) is 37.9 Å². The fraction of sp³-hybridized carbons (Fsp3) is 0.190. The maximum atomic E-state index is 5.66. The van der Waals surface area contributed by atoms with Crippen LogP contribution in [0, 0.1) is 4.77 Å². The SMILES string of the molecule is S=c1n(Cc2ccccc2)ccn1CN1C=CN(Cc2ccccc2)C1. The van der Waals surface area contributed by atoms with E-state index in [2.05, 4.69) is 98.3 Å². The summed E-state index contributed by atoms with van der Waals surface area (Å²) >= 11 is 5.66. The molecule has 132 valence electrons. The summed E-state index contributed by atoms with van der Waals surface area (Å²) in [5.74, 6) is 0. The first-order valence-corrected chi connectivity index (χ1v) is 9.18. The van der Waals surface area contributed by atoms with Crippen LogP contribution in [0.3, 0.4) is 0 Å². The summed E-state index contributed by atoms with van der Waals surface area (Å²) in [6.07, 6.45) is 8.42. The molecule has 0 saturated carbocycles. The number of hydrogen-bond acceptors (Lipinski definition) is 3. The number of rotatable bonds is 6. The van der Waals surface area contributed by atoms with Gasteiger partial charge in [0.15, 0.2) is 4.77 Å². The molecule has 0 saturated heterocycles. The smallest absolute Gasteiger partial charge is 0.181 e. The average Bonchev–Trinajstić information content (AvgIpc) is 3.25. The summed E-state index contributed by atoms with van der Waals surface area (Å²) in [7, 11) is 0. The van der Waals surface area contributed by atoms with Crippen LogP contribution < -0.4 is 0 Å². The van der Waals surface area contributed by atoms with Crippen LogP contribution in [-0.2, 0) is 19.8 Å². The molecular weight excluding hydrogens is 340 g/mol.